The molecule has 0 saturated heterocycles. The molecule has 0 spiro atoms. The average Bonchev–Trinajstić information content (AvgIpc) is 3.08. The first-order chi connectivity index (χ1) is 13.2. The predicted molar refractivity (Wildman–Crippen MR) is 111 cm³/mol. The molecule has 0 saturated carbocycles. The highest BCUT2D eigenvalue weighted by molar-refractivity contribution is 8.00. The quantitative estimate of drug-likeness (QED) is 0.498. The number of thiophene rings is 1. The van der Waals surface area contributed by atoms with Crippen molar-refractivity contribution in [3.05, 3.63) is 41.0 Å². The minimum Gasteiger partial charge on any atom is -0.495 e. The summed E-state index contributed by atoms with van der Waals surface area (Å²) in [6.45, 7) is 1.90. The van der Waals surface area contributed by atoms with Crippen LogP contribution in [0.5, 0.6) is 5.75 Å². The first-order valence-electron chi connectivity index (χ1n) is 9.03. The molecule has 140 valence electrons. The van der Waals surface area contributed by atoms with E-state index in [9.17, 15) is 4.79 Å². The zero-order valence-corrected chi connectivity index (χ0v) is 17.0. The number of carbonyl (C=O) groups excluding carboxylic acids is 1. The Hall–Kier alpha value is -2.12. The molecule has 7 heteroatoms. The van der Waals surface area contributed by atoms with Gasteiger partial charge in [-0.15, -0.1) is 11.3 Å². The molecule has 1 aliphatic rings. The van der Waals surface area contributed by atoms with E-state index in [-0.39, 0.29) is 11.2 Å². The van der Waals surface area contributed by atoms with E-state index in [1.165, 1.54) is 35.0 Å². The number of hydrogen-bond acceptors (Lipinski definition) is 6. The average molecular weight is 400 g/mol. The topological polar surface area (TPSA) is 64.1 Å². The highest BCUT2D eigenvalue weighted by Gasteiger charge is 2.23. The number of benzene rings is 1. The minimum absolute atomic E-state index is 0.0691. The Balaban J connectivity index is 1.57. The summed E-state index contributed by atoms with van der Waals surface area (Å²) in [4.78, 5) is 24.2. The number of amides is 1. The molecular weight excluding hydrogens is 378 g/mol. The van der Waals surface area contributed by atoms with Crippen molar-refractivity contribution in [2.45, 2.75) is 42.9 Å². The first kappa shape index (κ1) is 18.3. The number of nitrogens with one attached hydrogen (secondary N) is 1. The molecule has 5 nitrogen and oxygen atoms in total. The maximum Gasteiger partial charge on any atom is 0.237 e. The third-order valence-corrected chi connectivity index (χ3v) is 7.04. The van der Waals surface area contributed by atoms with Crippen molar-refractivity contribution in [3.8, 4) is 5.75 Å². The molecule has 1 atom stereocenters. The molecule has 4 rings (SSSR count). The number of carbonyl (C=O) groups is 1. The van der Waals surface area contributed by atoms with Crippen LogP contribution in [0.1, 0.15) is 30.2 Å². The van der Waals surface area contributed by atoms with Crippen LogP contribution >= 0.6 is 23.1 Å². The van der Waals surface area contributed by atoms with Crippen molar-refractivity contribution in [2.24, 2.45) is 0 Å². The van der Waals surface area contributed by atoms with Crippen molar-refractivity contribution in [2.75, 3.05) is 12.4 Å². The third-order valence-electron chi connectivity index (χ3n) is 4.74. The van der Waals surface area contributed by atoms with E-state index < -0.39 is 0 Å². The number of thioether (sulfide) groups is 1. The lowest BCUT2D eigenvalue weighted by atomic mass is 9.97. The van der Waals surface area contributed by atoms with Gasteiger partial charge in [0.05, 0.1) is 18.0 Å². The van der Waals surface area contributed by atoms with Crippen molar-refractivity contribution in [3.63, 3.8) is 0 Å². The molecule has 1 aromatic carbocycles. The molecule has 2 aromatic heterocycles. The van der Waals surface area contributed by atoms with Crippen molar-refractivity contribution in [1.29, 1.82) is 0 Å². The summed E-state index contributed by atoms with van der Waals surface area (Å²) in [5.74, 6) is 0.583. The summed E-state index contributed by atoms with van der Waals surface area (Å²) in [7, 11) is 1.60. The maximum atomic E-state index is 12.7. The Morgan fingerprint density at radius 1 is 1.26 bits per heavy atom. The number of rotatable bonds is 5. The molecule has 1 unspecified atom stereocenters. The van der Waals surface area contributed by atoms with Gasteiger partial charge in [0.2, 0.25) is 5.91 Å². The SMILES string of the molecule is COc1ccccc1NC(=O)C(C)Sc1ncnc2sc3c(c12)CCCC3. The number of para-hydroxylation sites is 2. The second-order valence-corrected chi connectivity index (χ2v) is 8.93. The van der Waals surface area contributed by atoms with Crippen LogP contribution in [0, 0.1) is 0 Å². The summed E-state index contributed by atoms with van der Waals surface area (Å²) in [6, 6.07) is 7.43. The van der Waals surface area contributed by atoms with E-state index in [2.05, 4.69) is 15.3 Å². The lowest BCUT2D eigenvalue weighted by Gasteiger charge is -2.15. The van der Waals surface area contributed by atoms with Crippen LogP contribution in [-0.2, 0) is 17.6 Å². The number of anilines is 1. The molecular formula is C20H21N3O2S2. The van der Waals surface area contributed by atoms with Gasteiger partial charge in [-0.1, -0.05) is 23.9 Å². The van der Waals surface area contributed by atoms with Crippen LogP contribution in [0.3, 0.4) is 0 Å². The monoisotopic (exact) mass is 399 g/mol. The summed E-state index contributed by atoms with van der Waals surface area (Å²) >= 11 is 3.27. The van der Waals surface area contributed by atoms with E-state index in [1.54, 1.807) is 24.8 Å². The first-order valence-corrected chi connectivity index (χ1v) is 10.7. The highest BCUT2D eigenvalue weighted by atomic mass is 32.2. The van der Waals surface area contributed by atoms with Crippen LogP contribution in [-0.4, -0.2) is 28.2 Å². The fraction of sp³-hybridized carbons (Fsp3) is 0.350. The number of methoxy groups -OCH3 is 1. The summed E-state index contributed by atoms with van der Waals surface area (Å²) in [5.41, 5.74) is 2.07. The van der Waals surface area contributed by atoms with Gasteiger partial charge in [-0.25, -0.2) is 9.97 Å². The zero-order chi connectivity index (χ0) is 18.8. The van der Waals surface area contributed by atoms with Crippen LogP contribution in [0.15, 0.2) is 35.6 Å². The molecule has 0 radical (unpaired) electrons. The molecule has 1 amide bonds. The Morgan fingerprint density at radius 2 is 2.07 bits per heavy atom. The molecule has 3 aromatic rings. The normalized spacial score (nSPS) is 14.6. The predicted octanol–water partition coefficient (Wildman–Crippen LogP) is 4.70. The standard InChI is InChI=1S/C20H21N3O2S2/c1-12(18(24)23-14-8-4-5-9-15(14)25-2)26-19-17-13-7-3-6-10-16(13)27-20(17)22-11-21-19/h4-5,8-9,11-12H,3,6-7,10H2,1-2H3,(H,23,24). The Bertz CT molecular complexity index is 987. The van der Waals surface area contributed by atoms with Gasteiger partial charge >= 0.3 is 0 Å². The third kappa shape index (κ3) is 3.66. The van der Waals surface area contributed by atoms with Gasteiger partial charge in [0.15, 0.2) is 0 Å². The van der Waals surface area contributed by atoms with Gasteiger partial charge < -0.3 is 10.1 Å². The number of fused-ring (bicyclic) bond motifs is 3. The molecule has 2 heterocycles. The van der Waals surface area contributed by atoms with Gasteiger partial charge in [0.1, 0.15) is 21.9 Å². The highest BCUT2D eigenvalue weighted by Crippen LogP contribution is 2.40. The van der Waals surface area contributed by atoms with Gasteiger partial charge in [-0.05, 0) is 50.3 Å². The second kappa shape index (κ2) is 7.86. The van der Waals surface area contributed by atoms with Crippen LogP contribution in [0.25, 0.3) is 10.2 Å². The van der Waals surface area contributed by atoms with E-state index in [0.29, 0.717) is 11.4 Å². The van der Waals surface area contributed by atoms with Crippen molar-refractivity contribution in [1.82, 2.24) is 9.97 Å². The number of aromatic nitrogens is 2. The summed E-state index contributed by atoms with van der Waals surface area (Å²) in [6.07, 6.45) is 6.27. The van der Waals surface area contributed by atoms with Crippen molar-refractivity contribution < 1.29 is 9.53 Å². The molecule has 1 N–H and O–H groups in total. The number of aryl methyl sites for hydroxylation is 2. The largest absolute Gasteiger partial charge is 0.495 e. The lowest BCUT2D eigenvalue weighted by molar-refractivity contribution is -0.115. The van der Waals surface area contributed by atoms with E-state index >= 15 is 0 Å². The van der Waals surface area contributed by atoms with Gasteiger partial charge in [-0.2, -0.15) is 0 Å². The zero-order valence-electron chi connectivity index (χ0n) is 15.3. The fourth-order valence-corrected chi connectivity index (χ4v) is 5.59. The molecule has 27 heavy (non-hydrogen) atoms. The van der Waals surface area contributed by atoms with Crippen molar-refractivity contribution >= 4 is 44.9 Å². The van der Waals surface area contributed by atoms with E-state index in [0.717, 1.165) is 28.1 Å². The van der Waals surface area contributed by atoms with Crippen LogP contribution in [0.2, 0.25) is 0 Å². The molecule has 0 fully saturated rings. The Morgan fingerprint density at radius 3 is 2.93 bits per heavy atom. The Labute approximate surface area is 166 Å². The van der Waals surface area contributed by atoms with Crippen LogP contribution in [0.4, 0.5) is 5.69 Å². The lowest BCUT2D eigenvalue weighted by Crippen LogP contribution is -2.22. The van der Waals surface area contributed by atoms with Gasteiger partial charge in [0, 0.05) is 10.3 Å². The smallest absolute Gasteiger partial charge is 0.237 e. The number of nitrogens with zero attached hydrogens (tertiary/aromatic N) is 2. The number of hydrogen-bond donors (Lipinski definition) is 1. The van der Waals surface area contributed by atoms with E-state index in [1.807, 2.05) is 31.2 Å². The molecule has 1 aliphatic carbocycles. The fourth-order valence-electron chi connectivity index (χ4n) is 3.35. The maximum absolute atomic E-state index is 12.7. The van der Waals surface area contributed by atoms with Gasteiger partial charge in [0.25, 0.3) is 0 Å². The van der Waals surface area contributed by atoms with Crippen LogP contribution < -0.4 is 10.1 Å². The molecule has 0 bridgehead atoms. The van der Waals surface area contributed by atoms with Gasteiger partial charge in [-0.3, -0.25) is 4.79 Å². The molecule has 0 aliphatic heterocycles. The Kier molecular flexibility index (Phi) is 5.31. The summed E-state index contributed by atoms with van der Waals surface area (Å²) < 4.78 is 5.31. The minimum atomic E-state index is -0.285. The van der Waals surface area contributed by atoms with E-state index in [4.69, 9.17) is 4.74 Å². The summed E-state index contributed by atoms with van der Waals surface area (Å²) in [5, 5.41) is 4.73. The number of ether oxygens (including phenoxy) is 1. The second-order valence-electron chi connectivity index (χ2n) is 6.52.